The molecule has 0 aromatic carbocycles. The highest BCUT2D eigenvalue weighted by atomic mass is 32.2. The Balaban J connectivity index is 2.43. The lowest BCUT2D eigenvalue weighted by Gasteiger charge is -2.35. The zero-order valence-corrected chi connectivity index (χ0v) is 13.2. The predicted molar refractivity (Wildman–Crippen MR) is 78.2 cm³/mol. The Hall–Kier alpha value is -1.15. The van der Waals surface area contributed by atoms with E-state index in [4.69, 9.17) is 5.11 Å². The van der Waals surface area contributed by atoms with Crippen molar-refractivity contribution in [3.8, 4) is 0 Å². The molecule has 0 unspecified atom stereocenters. The molecule has 122 valence electrons. The first-order valence-electron chi connectivity index (χ1n) is 7.16. The molecule has 1 aliphatic carbocycles. The monoisotopic (exact) mass is 320 g/mol. The van der Waals surface area contributed by atoms with Crippen molar-refractivity contribution in [3.63, 3.8) is 0 Å². The number of sulfonamides is 1. The van der Waals surface area contributed by atoms with Crippen molar-refractivity contribution < 1.29 is 23.1 Å². The van der Waals surface area contributed by atoms with E-state index >= 15 is 0 Å². The van der Waals surface area contributed by atoms with Crippen molar-refractivity contribution in [2.45, 2.75) is 44.9 Å². The third-order valence-electron chi connectivity index (χ3n) is 3.79. The molecule has 1 fully saturated rings. The number of carboxylic acids is 1. The fourth-order valence-corrected chi connectivity index (χ4v) is 3.35. The summed E-state index contributed by atoms with van der Waals surface area (Å²) >= 11 is 0. The minimum absolute atomic E-state index is 0.0159. The molecule has 1 amide bonds. The van der Waals surface area contributed by atoms with E-state index in [9.17, 15) is 18.0 Å². The molecule has 0 radical (unpaired) electrons. The van der Waals surface area contributed by atoms with Gasteiger partial charge in [0.2, 0.25) is 15.9 Å². The molecule has 7 nitrogen and oxygen atoms in total. The standard InChI is InChI=1S/C13H24N2O5S/c1-21(19,20)15-8-7-14-11(16)9-13(10-12(17)18)5-3-2-4-6-13/h15H,2-10H2,1H3,(H,14,16)(H,17,18). The van der Waals surface area contributed by atoms with E-state index in [1.54, 1.807) is 0 Å². The number of carbonyl (C=O) groups is 2. The number of hydrogen-bond donors (Lipinski definition) is 3. The van der Waals surface area contributed by atoms with Crippen LogP contribution in [0, 0.1) is 5.41 Å². The van der Waals surface area contributed by atoms with Gasteiger partial charge in [0.05, 0.1) is 12.7 Å². The second kappa shape index (κ2) is 7.74. The summed E-state index contributed by atoms with van der Waals surface area (Å²) in [6, 6.07) is 0. The van der Waals surface area contributed by atoms with Crippen LogP contribution >= 0.6 is 0 Å². The van der Waals surface area contributed by atoms with E-state index in [0.29, 0.717) is 0 Å². The van der Waals surface area contributed by atoms with Crippen molar-refractivity contribution in [2.75, 3.05) is 19.3 Å². The lowest BCUT2D eigenvalue weighted by Crippen LogP contribution is -2.38. The SMILES string of the molecule is CS(=O)(=O)NCCNC(=O)CC1(CC(=O)O)CCCCC1. The Labute approximate surface area is 125 Å². The highest BCUT2D eigenvalue weighted by molar-refractivity contribution is 7.88. The Morgan fingerprint density at radius 2 is 1.71 bits per heavy atom. The summed E-state index contributed by atoms with van der Waals surface area (Å²) in [6.07, 6.45) is 5.77. The lowest BCUT2D eigenvalue weighted by molar-refractivity contribution is -0.141. The van der Waals surface area contributed by atoms with E-state index in [1.165, 1.54) is 0 Å². The summed E-state index contributed by atoms with van der Waals surface area (Å²) < 4.78 is 24.0. The summed E-state index contributed by atoms with van der Waals surface area (Å²) in [5.41, 5.74) is -0.446. The van der Waals surface area contributed by atoms with Gasteiger partial charge in [-0.1, -0.05) is 19.3 Å². The number of rotatable bonds is 8. The van der Waals surface area contributed by atoms with Gasteiger partial charge in [0.15, 0.2) is 0 Å². The van der Waals surface area contributed by atoms with Crippen LogP contribution in [0.1, 0.15) is 44.9 Å². The number of carboxylic acid groups (broad SMARTS) is 1. The third kappa shape index (κ3) is 7.42. The Kier molecular flexibility index (Phi) is 6.60. The van der Waals surface area contributed by atoms with E-state index in [0.717, 1.165) is 38.4 Å². The second-order valence-corrected chi connectivity index (χ2v) is 7.66. The van der Waals surface area contributed by atoms with E-state index in [2.05, 4.69) is 10.0 Å². The molecule has 1 rings (SSSR count). The molecule has 0 atom stereocenters. The zero-order valence-electron chi connectivity index (χ0n) is 12.4. The van der Waals surface area contributed by atoms with Crippen LogP contribution in [0.25, 0.3) is 0 Å². The van der Waals surface area contributed by atoms with Gasteiger partial charge in [0.25, 0.3) is 0 Å². The Morgan fingerprint density at radius 1 is 1.10 bits per heavy atom. The largest absolute Gasteiger partial charge is 0.481 e. The molecule has 1 aliphatic rings. The predicted octanol–water partition coefficient (Wildman–Crippen LogP) is 0.467. The Bertz CT molecular complexity index is 469. The number of carbonyl (C=O) groups excluding carboxylic acids is 1. The first-order valence-corrected chi connectivity index (χ1v) is 9.05. The molecule has 0 aromatic heterocycles. The van der Waals surface area contributed by atoms with Crippen LogP contribution in [-0.4, -0.2) is 44.7 Å². The highest BCUT2D eigenvalue weighted by Gasteiger charge is 2.36. The van der Waals surface area contributed by atoms with Crippen LogP contribution in [0.15, 0.2) is 0 Å². The quantitative estimate of drug-likeness (QED) is 0.563. The maximum Gasteiger partial charge on any atom is 0.303 e. The van der Waals surface area contributed by atoms with Crippen molar-refractivity contribution in [1.82, 2.24) is 10.0 Å². The maximum absolute atomic E-state index is 11.9. The van der Waals surface area contributed by atoms with Gasteiger partial charge in [0.1, 0.15) is 0 Å². The number of hydrogen-bond acceptors (Lipinski definition) is 4. The van der Waals surface area contributed by atoms with Crippen LogP contribution in [0.2, 0.25) is 0 Å². The van der Waals surface area contributed by atoms with Crippen LogP contribution in [-0.2, 0) is 19.6 Å². The fraction of sp³-hybridized carbons (Fsp3) is 0.846. The topological polar surface area (TPSA) is 113 Å². The smallest absolute Gasteiger partial charge is 0.303 e. The molecule has 3 N–H and O–H groups in total. The van der Waals surface area contributed by atoms with Crippen molar-refractivity contribution >= 4 is 21.9 Å². The highest BCUT2D eigenvalue weighted by Crippen LogP contribution is 2.42. The first kappa shape index (κ1) is 17.9. The van der Waals surface area contributed by atoms with E-state index < -0.39 is 21.4 Å². The van der Waals surface area contributed by atoms with Crippen molar-refractivity contribution in [2.24, 2.45) is 5.41 Å². The van der Waals surface area contributed by atoms with E-state index in [1.807, 2.05) is 0 Å². The maximum atomic E-state index is 11.9. The molecule has 8 heteroatoms. The van der Waals surface area contributed by atoms with Gasteiger partial charge in [-0.15, -0.1) is 0 Å². The molecule has 0 aromatic rings. The molecule has 0 saturated heterocycles. The van der Waals surface area contributed by atoms with Gasteiger partial charge in [-0.05, 0) is 18.3 Å². The van der Waals surface area contributed by atoms with Crippen molar-refractivity contribution in [3.05, 3.63) is 0 Å². The summed E-state index contributed by atoms with van der Waals surface area (Å²) in [4.78, 5) is 23.0. The van der Waals surface area contributed by atoms with Gasteiger partial charge >= 0.3 is 5.97 Å². The van der Waals surface area contributed by atoms with Gasteiger partial charge in [-0.2, -0.15) is 0 Å². The van der Waals surface area contributed by atoms with Crippen LogP contribution in [0.3, 0.4) is 0 Å². The van der Waals surface area contributed by atoms with Gasteiger partial charge in [-0.25, -0.2) is 13.1 Å². The third-order valence-corrected chi connectivity index (χ3v) is 4.52. The fourth-order valence-electron chi connectivity index (χ4n) is 2.88. The Morgan fingerprint density at radius 3 is 2.24 bits per heavy atom. The number of amides is 1. The van der Waals surface area contributed by atoms with Gasteiger partial charge < -0.3 is 10.4 Å². The van der Waals surface area contributed by atoms with Crippen LogP contribution < -0.4 is 10.0 Å². The summed E-state index contributed by atoms with van der Waals surface area (Å²) in [7, 11) is -3.26. The zero-order chi connectivity index (χ0) is 15.9. The molecule has 21 heavy (non-hydrogen) atoms. The average molecular weight is 320 g/mol. The summed E-state index contributed by atoms with van der Waals surface area (Å²) in [5.74, 6) is -1.09. The lowest BCUT2D eigenvalue weighted by atomic mass is 9.69. The molecular weight excluding hydrogens is 296 g/mol. The average Bonchev–Trinajstić information content (AvgIpc) is 2.33. The normalized spacial score (nSPS) is 18.1. The minimum Gasteiger partial charge on any atom is -0.481 e. The van der Waals surface area contributed by atoms with Crippen molar-refractivity contribution in [1.29, 1.82) is 0 Å². The van der Waals surface area contributed by atoms with Gasteiger partial charge in [0, 0.05) is 19.5 Å². The van der Waals surface area contributed by atoms with Gasteiger partial charge in [-0.3, -0.25) is 9.59 Å². The molecule has 1 saturated carbocycles. The van der Waals surface area contributed by atoms with E-state index in [-0.39, 0.29) is 31.8 Å². The molecule has 0 spiro atoms. The second-order valence-electron chi connectivity index (χ2n) is 5.82. The molecule has 0 heterocycles. The minimum atomic E-state index is -3.26. The molecular formula is C13H24N2O5S. The number of aliphatic carboxylic acids is 1. The molecule has 0 bridgehead atoms. The summed E-state index contributed by atoms with van der Waals surface area (Å²) in [6.45, 7) is 0.339. The summed E-state index contributed by atoms with van der Waals surface area (Å²) in [5, 5.41) is 11.7. The first-order chi connectivity index (χ1) is 9.72. The number of nitrogens with one attached hydrogen (secondary N) is 2. The molecule has 0 aliphatic heterocycles. The van der Waals surface area contributed by atoms with Crippen LogP contribution in [0.4, 0.5) is 0 Å². The van der Waals surface area contributed by atoms with Crippen LogP contribution in [0.5, 0.6) is 0 Å².